The van der Waals surface area contributed by atoms with Gasteiger partial charge < -0.3 is 0 Å². The van der Waals surface area contributed by atoms with Crippen LogP contribution >= 0.6 is 0 Å². The molecule has 0 rings (SSSR count). The molecule has 50 valence electrons. The molecule has 0 aromatic rings. The summed E-state index contributed by atoms with van der Waals surface area (Å²) in [5, 5.41) is 0. The van der Waals surface area contributed by atoms with Crippen molar-refractivity contribution in [2.75, 3.05) is 11.5 Å². The maximum Gasteiger partial charge on any atom is 0.399 e. The Hall–Kier alpha value is 0.210. The van der Waals surface area contributed by atoms with Crippen LogP contribution in [0.1, 0.15) is 13.8 Å². The van der Waals surface area contributed by atoms with Crippen LogP contribution in [0.4, 0.5) is 8.78 Å². The molecule has 0 aliphatic heterocycles. The quantitative estimate of drug-likeness (QED) is 0.526. The van der Waals surface area contributed by atoms with Gasteiger partial charge in [-0.05, 0) is 13.8 Å². The van der Waals surface area contributed by atoms with Gasteiger partial charge in [-0.2, -0.15) is 8.78 Å². The highest BCUT2D eigenvalue weighted by Gasteiger charge is 2.24. The molecule has 0 aliphatic rings. The van der Waals surface area contributed by atoms with Gasteiger partial charge >= 0.3 is 5.76 Å². The van der Waals surface area contributed by atoms with Crippen LogP contribution in [0.3, 0.4) is 0 Å². The van der Waals surface area contributed by atoms with Gasteiger partial charge in [0.05, 0.1) is 10.9 Å². The van der Waals surface area contributed by atoms with Gasteiger partial charge in [-0.25, -0.2) is 0 Å². The number of halogens is 2. The molecule has 8 heavy (non-hydrogen) atoms. The summed E-state index contributed by atoms with van der Waals surface area (Å²) in [7, 11) is -0.623. The van der Waals surface area contributed by atoms with E-state index in [1.165, 1.54) is 0 Å². The third-order valence-corrected chi connectivity index (χ3v) is 2.98. The van der Waals surface area contributed by atoms with E-state index in [1.54, 1.807) is 13.8 Å². The first kappa shape index (κ1) is 8.21. The van der Waals surface area contributed by atoms with Crippen molar-refractivity contribution in [2.45, 2.75) is 19.6 Å². The van der Waals surface area contributed by atoms with Crippen LogP contribution in [0.2, 0.25) is 0 Å². The lowest BCUT2D eigenvalue weighted by Gasteiger charge is -1.98. The molecule has 0 aromatic carbocycles. The lowest BCUT2D eigenvalue weighted by molar-refractivity contribution is 0.247. The Balaban J connectivity index is 3.35. The number of hydrogen-bond donors (Lipinski definition) is 0. The van der Waals surface area contributed by atoms with Crippen molar-refractivity contribution in [1.29, 1.82) is 0 Å². The third-order valence-electron chi connectivity index (χ3n) is 0.994. The van der Waals surface area contributed by atoms with Crippen LogP contribution in [0.15, 0.2) is 0 Å². The first-order chi connectivity index (χ1) is 3.72. The highest BCUT2D eigenvalue weighted by atomic mass is 32.2. The molecule has 0 bridgehead atoms. The molecule has 0 saturated heterocycles. The fourth-order valence-electron chi connectivity index (χ4n) is 0.456. The molecule has 0 unspecified atom stereocenters. The molecular formula is C5H11F2S+. The van der Waals surface area contributed by atoms with E-state index in [4.69, 9.17) is 0 Å². The predicted molar refractivity (Wildman–Crippen MR) is 34.5 cm³/mol. The summed E-state index contributed by atoms with van der Waals surface area (Å²) in [5.41, 5.74) is 0. The van der Waals surface area contributed by atoms with Gasteiger partial charge in [-0.3, -0.25) is 0 Å². The minimum absolute atomic E-state index is 0.619. The second kappa shape index (κ2) is 4.13. The zero-order chi connectivity index (χ0) is 6.57. The smallest absolute Gasteiger partial charge is 0.157 e. The molecule has 0 spiro atoms. The standard InChI is InChI=1S/C5H11F2S/c1-3-8(4-2)5(6)7/h5H,3-4H2,1-2H3/q+1. The molecule has 0 saturated carbocycles. The lowest BCUT2D eigenvalue weighted by Crippen LogP contribution is -2.16. The highest BCUT2D eigenvalue weighted by molar-refractivity contribution is 7.97. The Labute approximate surface area is 51.6 Å². The van der Waals surface area contributed by atoms with E-state index in [9.17, 15) is 8.78 Å². The van der Waals surface area contributed by atoms with E-state index in [-0.39, 0.29) is 0 Å². The summed E-state index contributed by atoms with van der Waals surface area (Å²) < 4.78 is 23.4. The summed E-state index contributed by atoms with van der Waals surface area (Å²) in [5.74, 6) is -0.854. The van der Waals surface area contributed by atoms with E-state index >= 15 is 0 Å². The van der Waals surface area contributed by atoms with Crippen molar-refractivity contribution in [3.63, 3.8) is 0 Å². The Morgan fingerprint density at radius 2 is 1.62 bits per heavy atom. The molecule has 3 heteroatoms. The zero-order valence-electron chi connectivity index (χ0n) is 5.16. The summed E-state index contributed by atoms with van der Waals surface area (Å²) in [6.45, 7) is 3.61. The maximum atomic E-state index is 11.7. The largest absolute Gasteiger partial charge is 0.399 e. The van der Waals surface area contributed by atoms with Crippen molar-refractivity contribution in [1.82, 2.24) is 0 Å². The van der Waals surface area contributed by atoms with E-state index in [0.717, 1.165) is 0 Å². The third kappa shape index (κ3) is 2.50. The van der Waals surface area contributed by atoms with Crippen molar-refractivity contribution >= 4 is 10.9 Å². The average Bonchev–Trinajstić information content (AvgIpc) is 1.69. The summed E-state index contributed by atoms with van der Waals surface area (Å²) in [4.78, 5) is 0. The van der Waals surface area contributed by atoms with E-state index in [1.807, 2.05) is 0 Å². The average molecular weight is 141 g/mol. The van der Waals surface area contributed by atoms with Gasteiger partial charge in [0, 0.05) is 0 Å². The molecule has 0 aromatic heterocycles. The topological polar surface area (TPSA) is 0 Å². The monoisotopic (exact) mass is 141 g/mol. The van der Waals surface area contributed by atoms with Gasteiger partial charge in [-0.1, -0.05) is 0 Å². The fourth-order valence-corrected chi connectivity index (χ4v) is 1.37. The molecule has 0 aliphatic carbocycles. The van der Waals surface area contributed by atoms with Crippen molar-refractivity contribution in [3.05, 3.63) is 0 Å². The first-order valence-electron chi connectivity index (χ1n) is 2.66. The molecule has 0 atom stereocenters. The van der Waals surface area contributed by atoms with Crippen molar-refractivity contribution < 1.29 is 8.78 Å². The van der Waals surface area contributed by atoms with Crippen molar-refractivity contribution in [3.8, 4) is 0 Å². The molecule has 0 amide bonds. The highest BCUT2D eigenvalue weighted by Crippen LogP contribution is 2.08. The summed E-state index contributed by atoms with van der Waals surface area (Å²) >= 11 is 0. The molecule has 0 N–H and O–H groups in total. The van der Waals surface area contributed by atoms with Crippen LogP contribution in [0.5, 0.6) is 0 Å². The van der Waals surface area contributed by atoms with Crippen LogP contribution in [0.25, 0.3) is 0 Å². The predicted octanol–water partition coefficient (Wildman–Crippen LogP) is 1.87. The zero-order valence-corrected chi connectivity index (χ0v) is 5.97. The van der Waals surface area contributed by atoms with Crippen molar-refractivity contribution in [2.24, 2.45) is 0 Å². The first-order valence-corrected chi connectivity index (χ1v) is 4.29. The fraction of sp³-hybridized carbons (Fsp3) is 1.00. The Bertz CT molecular complexity index is 52.4. The van der Waals surface area contributed by atoms with Gasteiger partial charge in [0.1, 0.15) is 11.5 Å². The minimum atomic E-state index is -2.09. The van der Waals surface area contributed by atoms with E-state index < -0.39 is 16.7 Å². The van der Waals surface area contributed by atoms with E-state index in [0.29, 0.717) is 11.5 Å². The van der Waals surface area contributed by atoms with Gasteiger partial charge in [-0.15, -0.1) is 0 Å². The molecule has 0 heterocycles. The van der Waals surface area contributed by atoms with Gasteiger partial charge in [0.15, 0.2) is 0 Å². The minimum Gasteiger partial charge on any atom is -0.157 e. The molecule has 0 nitrogen and oxygen atoms in total. The maximum absolute atomic E-state index is 11.7. The van der Waals surface area contributed by atoms with Gasteiger partial charge in [0.2, 0.25) is 0 Å². The van der Waals surface area contributed by atoms with E-state index in [2.05, 4.69) is 0 Å². The SMILES string of the molecule is CC[S+](CC)C(F)F. The number of rotatable bonds is 3. The van der Waals surface area contributed by atoms with Crippen LogP contribution < -0.4 is 0 Å². The second-order valence-corrected chi connectivity index (χ2v) is 3.96. The molecular weight excluding hydrogens is 130 g/mol. The van der Waals surface area contributed by atoms with Gasteiger partial charge in [0.25, 0.3) is 0 Å². The number of alkyl halides is 2. The molecule has 0 radical (unpaired) electrons. The summed E-state index contributed by atoms with van der Waals surface area (Å²) in [6.07, 6.45) is 0. The molecule has 0 fully saturated rings. The van der Waals surface area contributed by atoms with Crippen LogP contribution in [0, 0.1) is 0 Å². The Morgan fingerprint density at radius 3 is 1.62 bits per heavy atom. The Kier molecular flexibility index (Phi) is 4.23. The Morgan fingerprint density at radius 1 is 1.25 bits per heavy atom. The normalized spacial score (nSPS) is 11.2. The number of hydrogen-bond acceptors (Lipinski definition) is 0. The second-order valence-electron chi connectivity index (χ2n) is 1.38. The lowest BCUT2D eigenvalue weighted by atomic mass is 11.0. The van der Waals surface area contributed by atoms with Crippen LogP contribution in [-0.4, -0.2) is 17.3 Å². The van der Waals surface area contributed by atoms with Crippen LogP contribution in [-0.2, 0) is 10.9 Å². The summed E-state index contributed by atoms with van der Waals surface area (Å²) in [6, 6.07) is 0.